The van der Waals surface area contributed by atoms with E-state index in [2.05, 4.69) is 12.2 Å². The summed E-state index contributed by atoms with van der Waals surface area (Å²) in [6.07, 6.45) is 3.30. The van der Waals surface area contributed by atoms with Gasteiger partial charge in [0.1, 0.15) is 5.75 Å². The van der Waals surface area contributed by atoms with E-state index in [0.29, 0.717) is 22.6 Å². The van der Waals surface area contributed by atoms with Crippen LogP contribution in [0.25, 0.3) is 0 Å². The zero-order valence-electron chi connectivity index (χ0n) is 15.2. The molecule has 0 aliphatic carbocycles. The van der Waals surface area contributed by atoms with Crippen molar-refractivity contribution in [2.45, 2.75) is 32.2 Å². The second-order valence-electron chi connectivity index (χ2n) is 6.61. The molecule has 1 atom stereocenters. The molecule has 1 N–H and O–H groups in total. The largest absolute Gasteiger partial charge is 0.497 e. The Balaban J connectivity index is 1.67. The first-order valence-electron chi connectivity index (χ1n) is 8.95. The zero-order valence-corrected chi connectivity index (χ0v) is 15.2. The van der Waals surface area contributed by atoms with Crippen LogP contribution in [0.3, 0.4) is 0 Å². The zero-order chi connectivity index (χ0) is 18.5. The fourth-order valence-electron chi connectivity index (χ4n) is 3.23. The van der Waals surface area contributed by atoms with Gasteiger partial charge in [0.05, 0.1) is 7.11 Å². The number of rotatable bonds is 4. The topological polar surface area (TPSA) is 58.6 Å². The second kappa shape index (κ2) is 8.04. The highest BCUT2D eigenvalue weighted by Crippen LogP contribution is 2.20. The van der Waals surface area contributed by atoms with E-state index in [1.54, 1.807) is 55.6 Å². The summed E-state index contributed by atoms with van der Waals surface area (Å²) < 4.78 is 5.14. The van der Waals surface area contributed by atoms with Crippen LogP contribution >= 0.6 is 0 Å². The van der Waals surface area contributed by atoms with Gasteiger partial charge in [0.2, 0.25) is 0 Å². The van der Waals surface area contributed by atoms with E-state index in [0.717, 1.165) is 19.4 Å². The molecule has 1 aliphatic heterocycles. The van der Waals surface area contributed by atoms with Crippen LogP contribution in [0.5, 0.6) is 5.75 Å². The van der Waals surface area contributed by atoms with Crippen molar-refractivity contribution in [3.05, 3.63) is 59.7 Å². The molecular weight excluding hydrogens is 328 g/mol. The first-order valence-corrected chi connectivity index (χ1v) is 8.95. The third-order valence-corrected chi connectivity index (χ3v) is 4.79. The average Bonchev–Trinajstić information content (AvgIpc) is 2.68. The third kappa shape index (κ3) is 4.04. The molecule has 26 heavy (non-hydrogen) atoms. The minimum Gasteiger partial charge on any atom is -0.497 e. The lowest BCUT2D eigenvalue weighted by molar-refractivity contribution is 0.0635. The molecule has 136 valence electrons. The summed E-state index contributed by atoms with van der Waals surface area (Å²) in [6.45, 7) is 2.91. The highest BCUT2D eigenvalue weighted by Gasteiger charge is 2.24. The Kier molecular flexibility index (Phi) is 5.56. The maximum absolute atomic E-state index is 12.7. The van der Waals surface area contributed by atoms with Gasteiger partial charge in [0.15, 0.2) is 0 Å². The number of benzene rings is 2. The molecule has 0 radical (unpaired) electrons. The number of hydrogen-bond donors (Lipinski definition) is 1. The number of nitrogens with zero attached hydrogens (tertiary/aromatic N) is 1. The normalized spacial score (nSPS) is 16.8. The Labute approximate surface area is 154 Å². The first-order chi connectivity index (χ1) is 12.6. The highest BCUT2D eigenvalue weighted by molar-refractivity contribution is 6.04. The van der Waals surface area contributed by atoms with E-state index in [4.69, 9.17) is 4.74 Å². The van der Waals surface area contributed by atoms with Crippen LogP contribution in [0, 0.1) is 0 Å². The SMILES string of the molecule is COc1cccc(C(=O)Nc2ccc(C(=O)N3CCCC[C@H]3C)cc2)c1. The summed E-state index contributed by atoms with van der Waals surface area (Å²) in [4.78, 5) is 26.9. The Morgan fingerprint density at radius 3 is 2.54 bits per heavy atom. The number of methoxy groups -OCH3 is 1. The number of carbonyl (C=O) groups is 2. The van der Waals surface area contributed by atoms with Gasteiger partial charge in [-0.15, -0.1) is 0 Å². The maximum atomic E-state index is 12.7. The average molecular weight is 352 g/mol. The molecule has 2 aromatic carbocycles. The number of carbonyl (C=O) groups excluding carboxylic acids is 2. The van der Waals surface area contributed by atoms with Crippen molar-refractivity contribution in [2.75, 3.05) is 19.0 Å². The standard InChI is InChI=1S/C21H24N2O3/c1-15-6-3-4-13-23(15)21(25)16-9-11-18(12-10-16)22-20(24)17-7-5-8-19(14-17)26-2/h5,7-12,14-15H,3-4,6,13H2,1-2H3,(H,22,24)/t15-/m1/s1. The summed E-state index contributed by atoms with van der Waals surface area (Å²) in [7, 11) is 1.57. The molecule has 0 spiro atoms. The monoisotopic (exact) mass is 352 g/mol. The molecule has 3 rings (SSSR count). The van der Waals surface area contributed by atoms with Crippen molar-refractivity contribution in [1.82, 2.24) is 4.90 Å². The van der Waals surface area contributed by atoms with Crippen LogP contribution < -0.4 is 10.1 Å². The lowest BCUT2D eigenvalue weighted by Crippen LogP contribution is -2.42. The Morgan fingerprint density at radius 2 is 1.85 bits per heavy atom. The molecule has 2 amide bonds. The van der Waals surface area contributed by atoms with E-state index >= 15 is 0 Å². The van der Waals surface area contributed by atoms with E-state index in [9.17, 15) is 9.59 Å². The number of nitrogens with one attached hydrogen (secondary N) is 1. The van der Waals surface area contributed by atoms with Gasteiger partial charge in [-0.3, -0.25) is 9.59 Å². The number of likely N-dealkylation sites (tertiary alicyclic amines) is 1. The molecule has 0 bridgehead atoms. The Morgan fingerprint density at radius 1 is 1.08 bits per heavy atom. The quantitative estimate of drug-likeness (QED) is 0.906. The predicted octanol–water partition coefficient (Wildman–Crippen LogP) is 3.96. The maximum Gasteiger partial charge on any atom is 0.255 e. The highest BCUT2D eigenvalue weighted by atomic mass is 16.5. The van der Waals surface area contributed by atoms with Crippen molar-refractivity contribution in [1.29, 1.82) is 0 Å². The molecule has 5 nitrogen and oxygen atoms in total. The fraction of sp³-hybridized carbons (Fsp3) is 0.333. The van der Waals surface area contributed by atoms with Crippen molar-refractivity contribution >= 4 is 17.5 Å². The van der Waals surface area contributed by atoms with Gasteiger partial charge in [-0.05, 0) is 68.7 Å². The lowest BCUT2D eigenvalue weighted by atomic mass is 10.0. The molecule has 1 fully saturated rings. The fourth-order valence-corrected chi connectivity index (χ4v) is 3.23. The minimum absolute atomic E-state index is 0.0582. The molecule has 0 unspecified atom stereocenters. The summed E-state index contributed by atoms with van der Waals surface area (Å²) in [5.41, 5.74) is 1.82. The van der Waals surface area contributed by atoms with Crippen molar-refractivity contribution in [3.63, 3.8) is 0 Å². The third-order valence-electron chi connectivity index (χ3n) is 4.79. The van der Waals surface area contributed by atoms with E-state index in [-0.39, 0.29) is 17.9 Å². The van der Waals surface area contributed by atoms with Crippen LogP contribution in [0.15, 0.2) is 48.5 Å². The lowest BCUT2D eigenvalue weighted by Gasteiger charge is -2.33. The molecule has 0 aromatic heterocycles. The molecule has 1 saturated heterocycles. The molecule has 1 aliphatic rings. The van der Waals surface area contributed by atoms with E-state index in [1.807, 2.05) is 4.90 Å². The van der Waals surface area contributed by atoms with Crippen molar-refractivity contribution in [2.24, 2.45) is 0 Å². The Hall–Kier alpha value is -2.82. The molecule has 0 saturated carbocycles. The van der Waals surface area contributed by atoms with Gasteiger partial charge >= 0.3 is 0 Å². The Bertz CT molecular complexity index is 786. The van der Waals surface area contributed by atoms with E-state index in [1.165, 1.54) is 6.42 Å². The summed E-state index contributed by atoms with van der Waals surface area (Å²) >= 11 is 0. The number of anilines is 1. The second-order valence-corrected chi connectivity index (χ2v) is 6.61. The van der Waals surface area contributed by atoms with Gasteiger partial charge in [-0.2, -0.15) is 0 Å². The molecule has 2 aromatic rings. The van der Waals surface area contributed by atoms with Gasteiger partial charge in [-0.1, -0.05) is 6.07 Å². The van der Waals surface area contributed by atoms with Gasteiger partial charge in [-0.25, -0.2) is 0 Å². The number of ether oxygens (including phenoxy) is 1. The van der Waals surface area contributed by atoms with E-state index < -0.39 is 0 Å². The summed E-state index contributed by atoms with van der Waals surface area (Å²) in [5.74, 6) is 0.477. The minimum atomic E-state index is -0.215. The van der Waals surface area contributed by atoms with Crippen molar-refractivity contribution < 1.29 is 14.3 Å². The summed E-state index contributed by atoms with van der Waals surface area (Å²) in [6, 6.07) is 14.3. The first kappa shape index (κ1) is 18.0. The smallest absolute Gasteiger partial charge is 0.255 e. The van der Waals surface area contributed by atoms with Crippen LogP contribution in [-0.2, 0) is 0 Å². The number of piperidine rings is 1. The van der Waals surface area contributed by atoms with Crippen LogP contribution in [0.1, 0.15) is 46.9 Å². The number of hydrogen-bond acceptors (Lipinski definition) is 3. The number of amides is 2. The predicted molar refractivity (Wildman–Crippen MR) is 102 cm³/mol. The van der Waals surface area contributed by atoms with Crippen LogP contribution in [-0.4, -0.2) is 36.4 Å². The van der Waals surface area contributed by atoms with Gasteiger partial charge in [0, 0.05) is 29.4 Å². The van der Waals surface area contributed by atoms with Crippen LogP contribution in [0.4, 0.5) is 5.69 Å². The van der Waals surface area contributed by atoms with Crippen LogP contribution in [0.2, 0.25) is 0 Å². The molecule has 5 heteroatoms. The van der Waals surface area contributed by atoms with Gasteiger partial charge < -0.3 is 15.0 Å². The van der Waals surface area contributed by atoms with Crippen molar-refractivity contribution in [3.8, 4) is 5.75 Å². The molecule has 1 heterocycles. The van der Waals surface area contributed by atoms with Gasteiger partial charge in [0.25, 0.3) is 11.8 Å². The molecular formula is C21H24N2O3. The summed E-state index contributed by atoms with van der Waals surface area (Å²) in [5, 5.41) is 2.84.